The first-order valence-electron chi connectivity index (χ1n) is 3.70. The van der Waals surface area contributed by atoms with Crippen molar-refractivity contribution in [3.05, 3.63) is 0 Å². The van der Waals surface area contributed by atoms with Crippen molar-refractivity contribution in [2.75, 3.05) is 0 Å². The summed E-state index contributed by atoms with van der Waals surface area (Å²) in [6.45, 7) is 5.81. The second-order valence-electron chi connectivity index (χ2n) is 2.68. The van der Waals surface area contributed by atoms with E-state index in [2.05, 4.69) is 5.32 Å². The standard InChI is InChI=1S/C7H17NO2/c1-4-5(2)8-6(3)7(9)10/h5-10H,4H2,1-3H3. The number of hydrogen-bond donors (Lipinski definition) is 3. The Morgan fingerprint density at radius 3 is 2.10 bits per heavy atom. The van der Waals surface area contributed by atoms with Gasteiger partial charge in [0.1, 0.15) is 0 Å². The van der Waals surface area contributed by atoms with E-state index in [9.17, 15) is 0 Å². The molecule has 0 bridgehead atoms. The minimum absolute atomic E-state index is 0.241. The van der Waals surface area contributed by atoms with Gasteiger partial charge in [-0.15, -0.1) is 0 Å². The van der Waals surface area contributed by atoms with E-state index < -0.39 is 6.29 Å². The van der Waals surface area contributed by atoms with E-state index in [1.807, 2.05) is 13.8 Å². The van der Waals surface area contributed by atoms with Gasteiger partial charge in [-0.25, -0.2) is 0 Å². The Hall–Kier alpha value is -0.120. The van der Waals surface area contributed by atoms with Gasteiger partial charge in [-0.05, 0) is 20.3 Å². The summed E-state index contributed by atoms with van der Waals surface area (Å²) in [5, 5.41) is 20.3. The van der Waals surface area contributed by atoms with Gasteiger partial charge in [0.05, 0.1) is 6.04 Å². The normalized spacial score (nSPS) is 17.4. The van der Waals surface area contributed by atoms with E-state index in [0.717, 1.165) is 6.42 Å². The second-order valence-corrected chi connectivity index (χ2v) is 2.68. The van der Waals surface area contributed by atoms with Crippen molar-refractivity contribution in [1.82, 2.24) is 5.32 Å². The van der Waals surface area contributed by atoms with Crippen molar-refractivity contribution in [2.24, 2.45) is 0 Å². The third kappa shape index (κ3) is 3.82. The van der Waals surface area contributed by atoms with Gasteiger partial charge in [-0.1, -0.05) is 6.92 Å². The van der Waals surface area contributed by atoms with Gasteiger partial charge in [0.15, 0.2) is 6.29 Å². The first kappa shape index (κ1) is 9.88. The molecule has 0 saturated carbocycles. The smallest absolute Gasteiger partial charge is 0.166 e. The molecule has 0 aliphatic rings. The van der Waals surface area contributed by atoms with Crippen LogP contribution in [0.2, 0.25) is 0 Å². The lowest BCUT2D eigenvalue weighted by Crippen LogP contribution is -2.41. The van der Waals surface area contributed by atoms with Crippen molar-refractivity contribution < 1.29 is 10.2 Å². The molecular weight excluding hydrogens is 130 g/mol. The Morgan fingerprint density at radius 2 is 1.80 bits per heavy atom. The number of aliphatic hydroxyl groups excluding tert-OH is 1. The highest BCUT2D eigenvalue weighted by Crippen LogP contribution is 1.93. The highest BCUT2D eigenvalue weighted by molar-refractivity contribution is 4.66. The van der Waals surface area contributed by atoms with Crippen LogP contribution in [0.4, 0.5) is 0 Å². The molecule has 0 fully saturated rings. The SMILES string of the molecule is CCC(C)NC(C)C(O)O. The zero-order valence-corrected chi connectivity index (χ0v) is 6.83. The number of rotatable bonds is 4. The summed E-state index contributed by atoms with van der Waals surface area (Å²) in [6, 6.07) is 0.103. The van der Waals surface area contributed by atoms with Crippen molar-refractivity contribution in [3.8, 4) is 0 Å². The third-order valence-corrected chi connectivity index (χ3v) is 1.61. The number of aliphatic hydroxyl groups is 2. The molecule has 2 unspecified atom stereocenters. The molecule has 0 saturated heterocycles. The Labute approximate surface area is 62.1 Å². The van der Waals surface area contributed by atoms with E-state index in [4.69, 9.17) is 10.2 Å². The van der Waals surface area contributed by atoms with Crippen LogP contribution < -0.4 is 5.32 Å². The third-order valence-electron chi connectivity index (χ3n) is 1.61. The largest absolute Gasteiger partial charge is 0.367 e. The van der Waals surface area contributed by atoms with Crippen LogP contribution in [-0.4, -0.2) is 28.6 Å². The van der Waals surface area contributed by atoms with Crippen LogP contribution in [0.1, 0.15) is 27.2 Å². The number of nitrogens with one attached hydrogen (secondary N) is 1. The molecule has 3 heteroatoms. The van der Waals surface area contributed by atoms with E-state index in [1.165, 1.54) is 0 Å². The highest BCUT2D eigenvalue weighted by Gasteiger charge is 2.11. The van der Waals surface area contributed by atoms with E-state index in [0.29, 0.717) is 6.04 Å². The molecule has 0 amide bonds. The maximum atomic E-state index is 8.66. The molecule has 0 aromatic heterocycles. The summed E-state index contributed by atoms with van der Waals surface area (Å²) in [6.07, 6.45) is -0.258. The molecule has 0 spiro atoms. The Balaban J connectivity index is 3.46. The van der Waals surface area contributed by atoms with Gasteiger partial charge >= 0.3 is 0 Å². The predicted octanol–water partition coefficient (Wildman–Crippen LogP) is 0.0737. The van der Waals surface area contributed by atoms with Gasteiger partial charge in [0, 0.05) is 6.04 Å². The van der Waals surface area contributed by atoms with Crippen molar-refractivity contribution in [1.29, 1.82) is 0 Å². The average Bonchev–Trinajstić information content (AvgIpc) is 1.87. The molecule has 62 valence electrons. The van der Waals surface area contributed by atoms with Crippen molar-refractivity contribution in [3.63, 3.8) is 0 Å². The van der Waals surface area contributed by atoms with Crippen molar-refractivity contribution >= 4 is 0 Å². The molecule has 0 aliphatic heterocycles. The molecule has 0 aliphatic carbocycles. The molecule has 0 aromatic carbocycles. The fourth-order valence-corrected chi connectivity index (χ4v) is 0.653. The lowest BCUT2D eigenvalue weighted by Gasteiger charge is -2.19. The first-order chi connectivity index (χ1) is 4.57. The molecule has 0 heterocycles. The predicted molar refractivity (Wildman–Crippen MR) is 40.6 cm³/mol. The van der Waals surface area contributed by atoms with Crippen LogP contribution >= 0.6 is 0 Å². The lowest BCUT2D eigenvalue weighted by atomic mass is 10.2. The molecule has 3 N–H and O–H groups in total. The van der Waals surface area contributed by atoms with E-state index in [-0.39, 0.29) is 6.04 Å². The van der Waals surface area contributed by atoms with Crippen LogP contribution in [0.3, 0.4) is 0 Å². The van der Waals surface area contributed by atoms with Crippen LogP contribution in [-0.2, 0) is 0 Å². The maximum Gasteiger partial charge on any atom is 0.166 e. The van der Waals surface area contributed by atoms with Crippen LogP contribution in [0.5, 0.6) is 0 Å². The molecule has 10 heavy (non-hydrogen) atoms. The van der Waals surface area contributed by atoms with Gasteiger partial charge in [-0.2, -0.15) is 0 Å². The molecule has 2 atom stereocenters. The fraction of sp³-hybridized carbons (Fsp3) is 1.00. The summed E-state index contributed by atoms with van der Waals surface area (Å²) in [5.41, 5.74) is 0. The van der Waals surface area contributed by atoms with Gasteiger partial charge in [-0.3, -0.25) is 0 Å². The molecular formula is C7H17NO2. The minimum atomic E-state index is -1.26. The Kier molecular flexibility index (Phi) is 4.60. The van der Waals surface area contributed by atoms with E-state index in [1.54, 1.807) is 6.92 Å². The Bertz CT molecular complexity index is 85.7. The second kappa shape index (κ2) is 4.66. The monoisotopic (exact) mass is 147 g/mol. The van der Waals surface area contributed by atoms with Crippen LogP contribution in [0.25, 0.3) is 0 Å². The number of hydrogen-bond acceptors (Lipinski definition) is 3. The molecule has 0 aromatic rings. The highest BCUT2D eigenvalue weighted by atomic mass is 16.5. The van der Waals surface area contributed by atoms with Crippen LogP contribution in [0.15, 0.2) is 0 Å². The summed E-state index contributed by atoms with van der Waals surface area (Å²) < 4.78 is 0. The van der Waals surface area contributed by atoms with Gasteiger partial charge < -0.3 is 15.5 Å². The maximum absolute atomic E-state index is 8.66. The van der Waals surface area contributed by atoms with Crippen molar-refractivity contribution in [2.45, 2.75) is 45.6 Å². The van der Waals surface area contributed by atoms with Gasteiger partial charge in [0.2, 0.25) is 0 Å². The minimum Gasteiger partial charge on any atom is -0.367 e. The molecule has 0 rings (SSSR count). The quantitative estimate of drug-likeness (QED) is 0.493. The molecule has 3 nitrogen and oxygen atoms in total. The zero-order valence-electron chi connectivity index (χ0n) is 6.83. The van der Waals surface area contributed by atoms with Crippen LogP contribution in [0, 0.1) is 0 Å². The molecule has 0 radical (unpaired) electrons. The van der Waals surface area contributed by atoms with Gasteiger partial charge in [0.25, 0.3) is 0 Å². The summed E-state index contributed by atoms with van der Waals surface area (Å²) in [4.78, 5) is 0. The summed E-state index contributed by atoms with van der Waals surface area (Å²) in [5.74, 6) is 0. The van der Waals surface area contributed by atoms with E-state index >= 15 is 0 Å². The zero-order chi connectivity index (χ0) is 8.15. The average molecular weight is 147 g/mol. The summed E-state index contributed by atoms with van der Waals surface area (Å²) in [7, 11) is 0. The lowest BCUT2D eigenvalue weighted by molar-refractivity contribution is -0.0644. The Morgan fingerprint density at radius 1 is 1.30 bits per heavy atom. The summed E-state index contributed by atoms with van der Waals surface area (Å²) >= 11 is 0. The first-order valence-corrected chi connectivity index (χ1v) is 3.70. The topological polar surface area (TPSA) is 52.5 Å². The fourth-order valence-electron chi connectivity index (χ4n) is 0.653.